The summed E-state index contributed by atoms with van der Waals surface area (Å²) in [6, 6.07) is 6.82. The highest BCUT2D eigenvalue weighted by molar-refractivity contribution is 6.22. The molecule has 0 N–H and O–H groups in total. The van der Waals surface area contributed by atoms with Crippen molar-refractivity contribution in [1.82, 2.24) is 4.90 Å². The first-order valence-corrected chi connectivity index (χ1v) is 9.18. The minimum absolute atomic E-state index is 0.0435. The van der Waals surface area contributed by atoms with Crippen LogP contribution in [-0.4, -0.2) is 48.9 Å². The first kappa shape index (κ1) is 15.8. The second-order valence-corrected chi connectivity index (χ2v) is 7.46. The van der Waals surface area contributed by atoms with E-state index in [0.717, 1.165) is 6.42 Å². The Morgan fingerprint density at radius 3 is 2.08 bits per heavy atom. The van der Waals surface area contributed by atoms with Gasteiger partial charge in [-0.15, -0.1) is 0 Å². The average molecular weight is 352 g/mol. The van der Waals surface area contributed by atoms with Crippen LogP contribution < -0.4 is 4.90 Å². The lowest BCUT2D eigenvalue weighted by Gasteiger charge is -2.27. The van der Waals surface area contributed by atoms with Crippen LogP contribution in [0.5, 0.6) is 0 Å². The van der Waals surface area contributed by atoms with Crippen molar-refractivity contribution < 1.29 is 19.1 Å². The van der Waals surface area contributed by atoms with E-state index >= 15 is 0 Å². The Bertz CT molecular complexity index is 780. The largest absolute Gasteiger partial charge is 0.378 e. The number of morpholine rings is 1. The molecule has 6 heteroatoms. The van der Waals surface area contributed by atoms with Gasteiger partial charge in [0.1, 0.15) is 0 Å². The topological polar surface area (TPSA) is 66.9 Å². The maximum absolute atomic E-state index is 12.8. The molecule has 4 aliphatic rings. The summed E-state index contributed by atoms with van der Waals surface area (Å²) in [5, 5.41) is 0. The maximum Gasteiger partial charge on any atom is 0.254 e. The zero-order valence-corrected chi connectivity index (χ0v) is 14.3. The van der Waals surface area contributed by atoms with Gasteiger partial charge in [0, 0.05) is 18.7 Å². The number of amides is 3. The molecule has 2 aliphatic heterocycles. The number of allylic oxidation sites excluding steroid dienone is 2. The third-order valence-electron chi connectivity index (χ3n) is 6.14. The second-order valence-electron chi connectivity index (χ2n) is 7.46. The van der Waals surface area contributed by atoms with Crippen LogP contribution >= 0.6 is 0 Å². The molecule has 0 radical (unpaired) electrons. The molecule has 3 amide bonds. The number of anilines is 1. The van der Waals surface area contributed by atoms with E-state index < -0.39 is 0 Å². The SMILES string of the molecule is O=C(c1ccc(N2C(=O)[C@@H]3[C@@H](C2=O)[C@@H]2C=C[C@@H]3C2)cc1)N1CCOCC1. The van der Waals surface area contributed by atoms with Crippen LogP contribution in [0.15, 0.2) is 36.4 Å². The van der Waals surface area contributed by atoms with E-state index in [-0.39, 0.29) is 41.4 Å². The van der Waals surface area contributed by atoms with E-state index in [0.29, 0.717) is 37.6 Å². The molecule has 2 heterocycles. The minimum Gasteiger partial charge on any atom is -0.378 e. The van der Waals surface area contributed by atoms with E-state index in [9.17, 15) is 14.4 Å². The van der Waals surface area contributed by atoms with E-state index in [1.54, 1.807) is 29.2 Å². The van der Waals surface area contributed by atoms with Crippen molar-refractivity contribution in [2.45, 2.75) is 6.42 Å². The normalized spacial score (nSPS) is 32.5. The van der Waals surface area contributed by atoms with Gasteiger partial charge in [-0.2, -0.15) is 0 Å². The van der Waals surface area contributed by atoms with Crippen LogP contribution in [0.4, 0.5) is 5.69 Å². The van der Waals surface area contributed by atoms with Crippen molar-refractivity contribution in [1.29, 1.82) is 0 Å². The minimum atomic E-state index is -0.202. The van der Waals surface area contributed by atoms with Gasteiger partial charge in [-0.05, 0) is 42.5 Å². The molecule has 0 spiro atoms. The van der Waals surface area contributed by atoms with Crippen molar-refractivity contribution >= 4 is 23.4 Å². The summed E-state index contributed by atoms with van der Waals surface area (Å²) in [6.45, 7) is 2.28. The molecule has 134 valence electrons. The van der Waals surface area contributed by atoms with Gasteiger partial charge >= 0.3 is 0 Å². The summed E-state index contributed by atoms with van der Waals surface area (Å²) >= 11 is 0. The Kier molecular flexibility index (Phi) is 3.50. The van der Waals surface area contributed by atoms with Gasteiger partial charge < -0.3 is 9.64 Å². The predicted octanol–water partition coefficient (Wildman–Crippen LogP) is 1.47. The number of benzene rings is 1. The Labute approximate surface area is 151 Å². The van der Waals surface area contributed by atoms with E-state index in [4.69, 9.17) is 4.74 Å². The van der Waals surface area contributed by atoms with Crippen molar-refractivity contribution in [2.24, 2.45) is 23.7 Å². The standard InChI is InChI=1S/C20H20N2O4/c23-18(21-7-9-26-10-8-21)12-3-5-15(6-4-12)22-19(24)16-13-1-2-14(11-13)17(16)20(22)25/h1-6,13-14,16-17H,7-11H2/t13-,14-,16+,17+/m1/s1. The van der Waals surface area contributed by atoms with Crippen molar-refractivity contribution in [3.8, 4) is 0 Å². The van der Waals surface area contributed by atoms with Gasteiger partial charge in [-0.3, -0.25) is 19.3 Å². The molecule has 4 atom stereocenters. The Morgan fingerprint density at radius 2 is 1.50 bits per heavy atom. The summed E-state index contributed by atoms with van der Waals surface area (Å²) in [6.07, 6.45) is 5.10. The molecule has 2 aliphatic carbocycles. The van der Waals surface area contributed by atoms with E-state index in [1.807, 2.05) is 0 Å². The summed E-state index contributed by atoms with van der Waals surface area (Å²) in [7, 11) is 0. The number of rotatable bonds is 2. The highest BCUT2D eigenvalue weighted by atomic mass is 16.5. The molecule has 26 heavy (non-hydrogen) atoms. The highest BCUT2D eigenvalue weighted by Gasteiger charge is 2.59. The molecule has 1 aromatic rings. The van der Waals surface area contributed by atoms with Gasteiger partial charge in [0.2, 0.25) is 11.8 Å². The third-order valence-corrected chi connectivity index (χ3v) is 6.14. The highest BCUT2D eigenvalue weighted by Crippen LogP contribution is 2.53. The van der Waals surface area contributed by atoms with E-state index in [2.05, 4.69) is 12.2 Å². The first-order valence-electron chi connectivity index (χ1n) is 9.18. The summed E-state index contributed by atoms with van der Waals surface area (Å²) < 4.78 is 5.27. The quantitative estimate of drug-likeness (QED) is 0.597. The fourth-order valence-electron chi connectivity index (χ4n) is 4.86. The smallest absolute Gasteiger partial charge is 0.254 e. The van der Waals surface area contributed by atoms with Crippen LogP contribution in [0.1, 0.15) is 16.8 Å². The van der Waals surface area contributed by atoms with Crippen LogP contribution in [-0.2, 0) is 14.3 Å². The number of imide groups is 1. The van der Waals surface area contributed by atoms with Gasteiger partial charge in [0.25, 0.3) is 5.91 Å². The Balaban J connectivity index is 1.37. The Morgan fingerprint density at radius 1 is 0.923 bits per heavy atom. The number of carbonyl (C=O) groups is 3. The van der Waals surface area contributed by atoms with E-state index in [1.165, 1.54) is 4.90 Å². The van der Waals surface area contributed by atoms with Crippen molar-refractivity contribution in [2.75, 3.05) is 31.2 Å². The first-order chi connectivity index (χ1) is 12.6. The lowest BCUT2D eigenvalue weighted by atomic mass is 9.85. The number of fused-ring (bicyclic) bond motifs is 5. The van der Waals surface area contributed by atoms with Gasteiger partial charge in [0.05, 0.1) is 30.7 Å². The zero-order valence-electron chi connectivity index (χ0n) is 14.3. The molecule has 1 aromatic carbocycles. The maximum atomic E-state index is 12.8. The number of carbonyl (C=O) groups excluding carboxylic acids is 3. The molecule has 0 aromatic heterocycles. The zero-order chi connectivity index (χ0) is 17.8. The molecular formula is C20H20N2O4. The monoisotopic (exact) mass is 352 g/mol. The van der Waals surface area contributed by atoms with Gasteiger partial charge in [-0.1, -0.05) is 12.2 Å². The fourth-order valence-corrected chi connectivity index (χ4v) is 4.86. The summed E-state index contributed by atoms with van der Waals surface area (Å²) in [4.78, 5) is 41.3. The predicted molar refractivity (Wildman–Crippen MR) is 93.4 cm³/mol. The van der Waals surface area contributed by atoms with Gasteiger partial charge in [0.15, 0.2) is 0 Å². The van der Waals surface area contributed by atoms with Crippen molar-refractivity contribution in [3.05, 3.63) is 42.0 Å². The molecule has 0 unspecified atom stereocenters. The number of ether oxygens (including phenoxy) is 1. The van der Waals surface area contributed by atoms with Gasteiger partial charge in [-0.25, -0.2) is 0 Å². The van der Waals surface area contributed by atoms with Crippen LogP contribution in [0.2, 0.25) is 0 Å². The second kappa shape index (κ2) is 5.77. The lowest BCUT2D eigenvalue weighted by molar-refractivity contribution is -0.123. The molecule has 3 fully saturated rings. The molecular weight excluding hydrogens is 332 g/mol. The average Bonchev–Trinajstić information content (AvgIpc) is 3.36. The van der Waals surface area contributed by atoms with Crippen LogP contribution in [0.3, 0.4) is 0 Å². The molecule has 1 saturated carbocycles. The molecule has 6 nitrogen and oxygen atoms in total. The van der Waals surface area contributed by atoms with Crippen LogP contribution in [0.25, 0.3) is 0 Å². The number of nitrogens with zero attached hydrogens (tertiary/aromatic N) is 2. The lowest BCUT2D eigenvalue weighted by Crippen LogP contribution is -2.40. The molecule has 2 bridgehead atoms. The number of hydrogen-bond acceptors (Lipinski definition) is 4. The fraction of sp³-hybridized carbons (Fsp3) is 0.450. The van der Waals surface area contributed by atoms with Crippen molar-refractivity contribution in [3.63, 3.8) is 0 Å². The molecule has 2 saturated heterocycles. The molecule has 5 rings (SSSR count). The number of hydrogen-bond donors (Lipinski definition) is 0. The third kappa shape index (κ3) is 2.18. The summed E-state index contributed by atoms with van der Waals surface area (Å²) in [5.41, 5.74) is 1.13. The van der Waals surface area contributed by atoms with Crippen LogP contribution in [0, 0.1) is 23.7 Å². The Hall–Kier alpha value is -2.47. The summed E-state index contributed by atoms with van der Waals surface area (Å²) in [5.74, 6) is -0.229.